The summed E-state index contributed by atoms with van der Waals surface area (Å²) < 4.78 is 1.29. The van der Waals surface area contributed by atoms with Crippen LogP contribution in [0.1, 0.15) is 22.3 Å². The van der Waals surface area contributed by atoms with Gasteiger partial charge < -0.3 is 4.90 Å². The van der Waals surface area contributed by atoms with E-state index >= 15 is 0 Å². The van der Waals surface area contributed by atoms with Crippen LogP contribution in [0, 0.1) is 0 Å². The molecule has 1 nitrogen and oxygen atoms in total. The highest BCUT2D eigenvalue weighted by Gasteiger charge is 2.52. The Balaban J connectivity index is 1.15. The Kier molecular flexibility index (Phi) is 6.87. The van der Waals surface area contributed by atoms with Crippen LogP contribution >= 0.6 is 11.3 Å². The highest BCUT2D eigenvalue weighted by Crippen LogP contribution is 2.65. The molecule has 13 rings (SSSR count). The molecule has 0 saturated carbocycles. The van der Waals surface area contributed by atoms with Crippen LogP contribution in [0.15, 0.2) is 212 Å². The largest absolute Gasteiger partial charge is 0.309 e. The molecule has 0 fully saturated rings. The van der Waals surface area contributed by atoms with Crippen molar-refractivity contribution in [3.05, 3.63) is 235 Å². The first-order chi connectivity index (χ1) is 29.3. The van der Waals surface area contributed by atoms with Crippen molar-refractivity contribution in [3.8, 4) is 32.7 Å². The van der Waals surface area contributed by atoms with E-state index in [2.05, 4.69) is 217 Å². The van der Waals surface area contributed by atoms with E-state index in [1.807, 2.05) is 11.3 Å². The Bertz CT molecular complexity index is 3420. The highest BCUT2D eigenvalue weighted by molar-refractivity contribution is 7.22. The van der Waals surface area contributed by atoms with Crippen molar-refractivity contribution >= 4 is 70.8 Å². The maximum Gasteiger partial charge on any atom is 0.0726 e. The van der Waals surface area contributed by atoms with Gasteiger partial charge in [-0.25, -0.2) is 0 Å². The summed E-state index contributed by atoms with van der Waals surface area (Å²) in [6, 6.07) is 79.4. The number of fused-ring (bicyclic) bond motifs is 17. The highest BCUT2D eigenvalue weighted by atomic mass is 32.1. The van der Waals surface area contributed by atoms with Crippen LogP contribution in [0.25, 0.3) is 75.1 Å². The topological polar surface area (TPSA) is 3.24 Å². The van der Waals surface area contributed by atoms with Gasteiger partial charge in [-0.1, -0.05) is 176 Å². The maximum atomic E-state index is 2.56. The van der Waals surface area contributed by atoms with Gasteiger partial charge in [0.2, 0.25) is 0 Å². The number of hydrogen-bond acceptors (Lipinski definition) is 2. The fourth-order valence-electron chi connectivity index (χ4n) is 10.7. The normalized spacial score (nSPS) is 13.2. The molecule has 11 aromatic rings. The third-order valence-electron chi connectivity index (χ3n) is 13.1. The van der Waals surface area contributed by atoms with Crippen LogP contribution in [0.3, 0.4) is 0 Å². The number of rotatable bonds is 4. The van der Waals surface area contributed by atoms with Crippen molar-refractivity contribution in [1.29, 1.82) is 0 Å². The second kappa shape index (κ2) is 12.4. The molecular formula is C57H35NS. The summed E-state index contributed by atoms with van der Waals surface area (Å²) in [4.78, 5) is 3.82. The van der Waals surface area contributed by atoms with Crippen molar-refractivity contribution in [2.45, 2.75) is 5.41 Å². The van der Waals surface area contributed by atoms with Crippen LogP contribution in [0.5, 0.6) is 0 Å². The molecule has 0 unspecified atom stereocenters. The molecule has 0 amide bonds. The summed E-state index contributed by atoms with van der Waals surface area (Å²) in [6.45, 7) is 0. The van der Waals surface area contributed by atoms with Gasteiger partial charge in [0.1, 0.15) is 0 Å². The lowest BCUT2D eigenvalue weighted by Crippen LogP contribution is -2.26. The molecular weight excluding hydrogens is 731 g/mol. The average molecular weight is 766 g/mol. The first-order valence-electron chi connectivity index (χ1n) is 20.4. The van der Waals surface area contributed by atoms with Gasteiger partial charge in [-0.05, 0) is 113 Å². The molecule has 1 heterocycles. The van der Waals surface area contributed by atoms with E-state index in [-0.39, 0.29) is 0 Å². The zero-order chi connectivity index (χ0) is 38.7. The average Bonchev–Trinajstić information content (AvgIpc) is 3.97. The van der Waals surface area contributed by atoms with E-state index in [0.29, 0.717) is 0 Å². The van der Waals surface area contributed by atoms with Crippen molar-refractivity contribution < 1.29 is 0 Å². The molecule has 0 aliphatic heterocycles. The van der Waals surface area contributed by atoms with Crippen LogP contribution in [-0.2, 0) is 5.41 Å². The second-order valence-corrected chi connectivity index (χ2v) is 17.0. The lowest BCUT2D eigenvalue weighted by molar-refractivity contribution is 0.794. The number of para-hydroxylation sites is 1. The molecule has 0 bridgehead atoms. The number of hydrogen-bond donors (Lipinski definition) is 0. The number of benzene rings is 10. The minimum absolute atomic E-state index is 0.440. The summed E-state index contributed by atoms with van der Waals surface area (Å²) in [5, 5.41) is 8.90. The lowest BCUT2D eigenvalue weighted by Gasteiger charge is -2.32. The zero-order valence-electron chi connectivity index (χ0n) is 32.1. The molecule has 1 aromatic heterocycles. The van der Waals surface area contributed by atoms with Gasteiger partial charge in [0.15, 0.2) is 0 Å². The van der Waals surface area contributed by atoms with Gasteiger partial charge >= 0.3 is 0 Å². The van der Waals surface area contributed by atoms with Gasteiger partial charge in [-0.15, -0.1) is 11.3 Å². The van der Waals surface area contributed by atoms with Crippen molar-refractivity contribution in [1.82, 2.24) is 0 Å². The third-order valence-corrected chi connectivity index (χ3v) is 14.2. The summed E-state index contributed by atoms with van der Waals surface area (Å²) in [5.41, 5.74) is 14.8. The van der Waals surface area contributed by atoms with Crippen LogP contribution in [0.2, 0.25) is 0 Å². The molecule has 0 radical (unpaired) electrons. The molecule has 2 heteroatoms. The Morgan fingerprint density at radius 2 is 0.831 bits per heavy atom. The molecule has 0 atom stereocenters. The van der Waals surface area contributed by atoms with E-state index in [0.717, 1.165) is 11.4 Å². The van der Waals surface area contributed by atoms with E-state index in [9.17, 15) is 0 Å². The fraction of sp³-hybridized carbons (Fsp3) is 0.0175. The van der Waals surface area contributed by atoms with Crippen molar-refractivity contribution in [3.63, 3.8) is 0 Å². The van der Waals surface area contributed by atoms with Crippen molar-refractivity contribution in [2.24, 2.45) is 0 Å². The first kappa shape index (κ1) is 32.8. The predicted octanol–water partition coefficient (Wildman–Crippen LogP) is 15.8. The van der Waals surface area contributed by atoms with E-state index in [4.69, 9.17) is 0 Å². The molecule has 0 N–H and O–H groups in total. The molecule has 59 heavy (non-hydrogen) atoms. The van der Waals surface area contributed by atoms with Gasteiger partial charge in [0.25, 0.3) is 0 Å². The quantitative estimate of drug-likeness (QED) is 0.161. The summed E-state index contributed by atoms with van der Waals surface area (Å²) in [7, 11) is 0. The first-order valence-corrected chi connectivity index (χ1v) is 21.2. The minimum atomic E-state index is -0.440. The molecule has 10 aromatic carbocycles. The lowest BCUT2D eigenvalue weighted by atomic mass is 9.70. The van der Waals surface area contributed by atoms with Crippen molar-refractivity contribution in [2.75, 3.05) is 4.90 Å². The Morgan fingerprint density at radius 3 is 1.51 bits per heavy atom. The molecule has 1 spiro atoms. The van der Waals surface area contributed by atoms with Gasteiger partial charge in [0.05, 0.1) is 16.8 Å². The molecule has 274 valence electrons. The second-order valence-electron chi connectivity index (χ2n) is 15.9. The Labute approximate surface area is 346 Å². The number of nitrogens with zero attached hydrogens (tertiary/aromatic N) is 1. The number of thiophene rings is 1. The van der Waals surface area contributed by atoms with Crippen LogP contribution in [-0.4, -0.2) is 0 Å². The third kappa shape index (κ3) is 4.44. The van der Waals surface area contributed by atoms with Gasteiger partial charge in [0, 0.05) is 26.4 Å². The smallest absolute Gasteiger partial charge is 0.0726 e. The van der Waals surface area contributed by atoms with E-state index in [1.165, 1.54) is 103 Å². The Morgan fingerprint density at radius 1 is 0.339 bits per heavy atom. The Hall–Kier alpha value is -7.26. The van der Waals surface area contributed by atoms with E-state index < -0.39 is 5.41 Å². The van der Waals surface area contributed by atoms with Gasteiger partial charge in [-0.2, -0.15) is 0 Å². The van der Waals surface area contributed by atoms with Crippen LogP contribution < -0.4 is 4.90 Å². The molecule has 0 saturated heterocycles. The predicted molar refractivity (Wildman–Crippen MR) is 251 cm³/mol. The van der Waals surface area contributed by atoms with Gasteiger partial charge in [-0.3, -0.25) is 0 Å². The van der Waals surface area contributed by atoms with E-state index in [1.54, 1.807) is 0 Å². The minimum Gasteiger partial charge on any atom is -0.309 e. The molecule has 2 aliphatic rings. The maximum absolute atomic E-state index is 2.56. The molecule has 2 aliphatic carbocycles. The summed E-state index contributed by atoms with van der Waals surface area (Å²) in [6.07, 6.45) is 0. The fourth-order valence-corrected chi connectivity index (χ4v) is 11.8. The van der Waals surface area contributed by atoms with Crippen LogP contribution in [0.4, 0.5) is 17.1 Å². The monoisotopic (exact) mass is 765 g/mol. The summed E-state index contributed by atoms with van der Waals surface area (Å²) in [5.74, 6) is 0. The number of anilines is 3. The SMILES string of the molecule is c1ccc(N(c2ccc3c4ccccc4c4ccccc4c3c2)c2cccc3c2-c2ccccc2C32c3ccccc3-c3ccccc32)c(-c2cc3ccccc3s2)c1. The standard InChI is InChI=1S/C57H35NS/c1-14-31-54-36(16-1)34-55(59-54)46-24-9-13-29-52(46)58(37-32-33-42-40-19-3-2-17-38(40)39-18-4-5-20-41(39)47(42)35-37)53-30-15-28-51-56(53)45-23-8-12-27-50(45)57(51)48-25-10-6-21-43(48)44-22-7-11-26-49(44)57/h1-35H. The zero-order valence-corrected chi connectivity index (χ0v) is 32.9. The summed E-state index contributed by atoms with van der Waals surface area (Å²) >= 11 is 1.87.